The second-order valence-electron chi connectivity index (χ2n) is 4.01. The maximum absolute atomic E-state index is 10.7. The van der Waals surface area contributed by atoms with Gasteiger partial charge >= 0.3 is 5.97 Å². The summed E-state index contributed by atoms with van der Waals surface area (Å²) >= 11 is 2.94. The van der Waals surface area contributed by atoms with E-state index in [0.717, 1.165) is 17.1 Å². The largest absolute Gasteiger partial charge is 0.477 e. The molecule has 1 heterocycles. The monoisotopic (exact) mass is 260 g/mol. The molecule has 0 spiro atoms. The van der Waals surface area contributed by atoms with Gasteiger partial charge in [-0.3, -0.25) is 0 Å². The lowest BCUT2D eigenvalue weighted by Gasteiger charge is -2.22. The van der Waals surface area contributed by atoms with Gasteiger partial charge in [-0.15, -0.1) is 23.1 Å². The van der Waals surface area contributed by atoms with Crippen molar-refractivity contribution in [3.63, 3.8) is 0 Å². The summed E-state index contributed by atoms with van der Waals surface area (Å²) in [5, 5.41) is 10.7. The maximum Gasteiger partial charge on any atom is 0.345 e. The number of rotatable bonds is 6. The average molecular weight is 260 g/mol. The number of hydrogen-bond donors (Lipinski definition) is 1. The van der Waals surface area contributed by atoms with Crippen molar-refractivity contribution in [1.29, 1.82) is 0 Å². The molecular formula is C11H16O3S2. The van der Waals surface area contributed by atoms with Crippen molar-refractivity contribution in [1.82, 2.24) is 0 Å². The van der Waals surface area contributed by atoms with Crippen molar-refractivity contribution in [2.45, 2.75) is 30.8 Å². The summed E-state index contributed by atoms with van der Waals surface area (Å²) in [6, 6.07) is 1.72. The molecule has 5 heteroatoms. The molecule has 1 aromatic heterocycles. The molecule has 3 nitrogen and oxygen atoms in total. The van der Waals surface area contributed by atoms with Crippen molar-refractivity contribution < 1.29 is 14.6 Å². The van der Waals surface area contributed by atoms with Crippen LogP contribution in [0.5, 0.6) is 0 Å². The molecular weight excluding hydrogens is 244 g/mol. The summed E-state index contributed by atoms with van der Waals surface area (Å²) in [6.07, 6.45) is 0.937. The number of thiophene rings is 1. The van der Waals surface area contributed by atoms with Gasteiger partial charge in [0.25, 0.3) is 0 Å². The molecule has 0 saturated heterocycles. The van der Waals surface area contributed by atoms with Gasteiger partial charge in [-0.05, 0) is 26.3 Å². The zero-order chi connectivity index (χ0) is 12.2. The molecule has 90 valence electrons. The minimum atomic E-state index is -0.853. The van der Waals surface area contributed by atoms with Crippen LogP contribution < -0.4 is 0 Å². The van der Waals surface area contributed by atoms with Crippen LogP contribution in [0.2, 0.25) is 0 Å². The smallest absolute Gasteiger partial charge is 0.345 e. The Hall–Kier alpha value is -0.520. The average Bonchev–Trinajstić information content (AvgIpc) is 2.66. The predicted octanol–water partition coefficient (Wildman–Crippen LogP) is 3.35. The van der Waals surface area contributed by atoms with Crippen LogP contribution in [-0.4, -0.2) is 29.5 Å². The van der Waals surface area contributed by atoms with Gasteiger partial charge in [0.15, 0.2) is 0 Å². The van der Waals surface area contributed by atoms with Crippen LogP contribution in [0.15, 0.2) is 16.3 Å². The van der Waals surface area contributed by atoms with Gasteiger partial charge in [0.05, 0.1) is 5.60 Å². The lowest BCUT2D eigenvalue weighted by Crippen LogP contribution is -2.22. The Morgan fingerprint density at radius 3 is 2.81 bits per heavy atom. The van der Waals surface area contributed by atoms with E-state index in [-0.39, 0.29) is 5.60 Å². The molecule has 0 fully saturated rings. The van der Waals surface area contributed by atoms with E-state index in [0.29, 0.717) is 4.88 Å². The third-order valence-corrected chi connectivity index (χ3v) is 4.36. The van der Waals surface area contributed by atoms with Gasteiger partial charge in [-0.2, -0.15) is 0 Å². The number of hydrogen-bond acceptors (Lipinski definition) is 4. The Morgan fingerprint density at radius 1 is 1.62 bits per heavy atom. The summed E-state index contributed by atoms with van der Waals surface area (Å²) in [7, 11) is 1.71. The minimum Gasteiger partial charge on any atom is -0.477 e. The van der Waals surface area contributed by atoms with Crippen LogP contribution in [0.1, 0.15) is 29.9 Å². The first-order valence-electron chi connectivity index (χ1n) is 4.94. The Kier molecular flexibility index (Phi) is 4.83. The van der Waals surface area contributed by atoms with Gasteiger partial charge in [0, 0.05) is 23.1 Å². The topological polar surface area (TPSA) is 46.5 Å². The summed E-state index contributed by atoms with van der Waals surface area (Å²) in [6.45, 7) is 4.09. The zero-order valence-electron chi connectivity index (χ0n) is 9.65. The van der Waals surface area contributed by atoms with Crippen LogP contribution >= 0.6 is 23.1 Å². The lowest BCUT2D eigenvalue weighted by atomic mass is 10.1. The van der Waals surface area contributed by atoms with Crippen molar-refractivity contribution in [3.05, 3.63) is 16.3 Å². The van der Waals surface area contributed by atoms with E-state index in [9.17, 15) is 4.79 Å². The van der Waals surface area contributed by atoms with Crippen molar-refractivity contribution in [2.24, 2.45) is 0 Å². The van der Waals surface area contributed by atoms with Crippen LogP contribution in [0, 0.1) is 0 Å². The summed E-state index contributed by atoms with van der Waals surface area (Å²) < 4.78 is 5.31. The molecule has 16 heavy (non-hydrogen) atoms. The van der Waals surface area contributed by atoms with Gasteiger partial charge in [-0.1, -0.05) is 0 Å². The van der Waals surface area contributed by atoms with E-state index in [1.54, 1.807) is 24.9 Å². The number of ether oxygens (including phenoxy) is 1. The highest BCUT2D eigenvalue weighted by Crippen LogP contribution is 2.27. The second-order valence-corrected chi connectivity index (χ2v) is 6.09. The highest BCUT2D eigenvalue weighted by molar-refractivity contribution is 7.99. The van der Waals surface area contributed by atoms with E-state index >= 15 is 0 Å². The summed E-state index contributed by atoms with van der Waals surface area (Å²) in [5.74, 6) is 0.0745. The quantitative estimate of drug-likeness (QED) is 0.797. The first kappa shape index (κ1) is 13.5. The van der Waals surface area contributed by atoms with E-state index in [4.69, 9.17) is 9.84 Å². The van der Waals surface area contributed by atoms with Crippen molar-refractivity contribution in [2.75, 3.05) is 12.9 Å². The van der Waals surface area contributed by atoms with E-state index < -0.39 is 5.97 Å². The molecule has 0 atom stereocenters. The highest BCUT2D eigenvalue weighted by atomic mass is 32.2. The summed E-state index contributed by atoms with van der Waals surface area (Å²) in [5.41, 5.74) is -0.112. The van der Waals surface area contributed by atoms with Crippen LogP contribution in [-0.2, 0) is 4.74 Å². The normalized spacial score (nSPS) is 11.7. The highest BCUT2D eigenvalue weighted by Gasteiger charge is 2.16. The fourth-order valence-corrected chi connectivity index (χ4v) is 3.15. The Labute approximate surface area is 104 Å². The third-order valence-electron chi connectivity index (χ3n) is 2.31. The molecule has 0 aromatic carbocycles. The van der Waals surface area contributed by atoms with Crippen molar-refractivity contribution in [3.8, 4) is 0 Å². The molecule has 0 aliphatic heterocycles. The van der Waals surface area contributed by atoms with Gasteiger partial charge < -0.3 is 9.84 Å². The standard InChI is InChI=1S/C11H16O3S2/c1-11(2,14-3)4-5-15-8-6-9(10(12)13)16-7-8/h6-7H,4-5H2,1-3H3,(H,12,13). The first-order chi connectivity index (χ1) is 7.44. The van der Waals surface area contributed by atoms with Crippen LogP contribution in [0.4, 0.5) is 0 Å². The number of carboxylic acids is 1. The Balaban J connectivity index is 2.40. The number of thioether (sulfide) groups is 1. The number of carbonyl (C=O) groups is 1. The van der Waals surface area contributed by atoms with E-state index in [1.165, 1.54) is 11.3 Å². The Bertz CT molecular complexity index is 358. The molecule has 0 saturated carbocycles. The molecule has 0 amide bonds. The molecule has 0 aliphatic rings. The fraction of sp³-hybridized carbons (Fsp3) is 0.545. The van der Waals surface area contributed by atoms with Crippen LogP contribution in [0.25, 0.3) is 0 Å². The minimum absolute atomic E-state index is 0.112. The molecule has 0 unspecified atom stereocenters. The van der Waals surface area contributed by atoms with Crippen molar-refractivity contribution >= 4 is 29.1 Å². The lowest BCUT2D eigenvalue weighted by molar-refractivity contribution is 0.0206. The van der Waals surface area contributed by atoms with Crippen LogP contribution in [0.3, 0.4) is 0 Å². The van der Waals surface area contributed by atoms with E-state index in [2.05, 4.69) is 0 Å². The van der Waals surface area contributed by atoms with Gasteiger partial charge in [0.2, 0.25) is 0 Å². The van der Waals surface area contributed by atoms with Gasteiger partial charge in [0.1, 0.15) is 4.88 Å². The van der Waals surface area contributed by atoms with E-state index in [1.807, 2.05) is 19.2 Å². The second kappa shape index (κ2) is 5.70. The SMILES string of the molecule is COC(C)(C)CCSc1csc(C(=O)O)c1. The molecule has 0 aliphatic carbocycles. The summed E-state index contributed by atoms with van der Waals surface area (Å²) in [4.78, 5) is 12.1. The van der Waals surface area contributed by atoms with Gasteiger partial charge in [-0.25, -0.2) is 4.79 Å². The number of aromatic carboxylic acids is 1. The Morgan fingerprint density at radius 2 is 2.31 bits per heavy atom. The molecule has 0 radical (unpaired) electrons. The fourth-order valence-electron chi connectivity index (χ4n) is 1.02. The molecule has 1 rings (SSSR count). The number of carboxylic acid groups (broad SMARTS) is 1. The molecule has 1 N–H and O–H groups in total. The predicted molar refractivity (Wildman–Crippen MR) is 67.7 cm³/mol. The molecule has 1 aromatic rings. The number of methoxy groups -OCH3 is 1. The molecule has 0 bridgehead atoms. The maximum atomic E-state index is 10.7. The third kappa shape index (κ3) is 4.15. The zero-order valence-corrected chi connectivity index (χ0v) is 11.3. The first-order valence-corrected chi connectivity index (χ1v) is 6.81.